The molecule has 0 aromatic heterocycles. The highest BCUT2D eigenvalue weighted by molar-refractivity contribution is 9.10. The third-order valence-electron chi connectivity index (χ3n) is 3.08. The average Bonchev–Trinajstić information content (AvgIpc) is 2.37. The lowest BCUT2D eigenvalue weighted by molar-refractivity contribution is -0.127. The Morgan fingerprint density at radius 2 is 2.22 bits per heavy atom. The number of benzene rings is 1. The first kappa shape index (κ1) is 13.3. The molecule has 0 radical (unpaired) electrons. The number of piperidine rings is 1. The Balaban J connectivity index is 2.01. The molecule has 2 N–H and O–H groups in total. The van der Waals surface area contributed by atoms with Crippen LogP contribution in [0.15, 0.2) is 34.8 Å². The number of carbonyl (C=O) groups excluding carboxylic acids is 1. The van der Waals surface area contributed by atoms with Crippen molar-refractivity contribution >= 4 is 27.9 Å². The number of nitrogens with zero attached hydrogens (tertiary/aromatic N) is 1. The van der Waals surface area contributed by atoms with Crippen LogP contribution < -0.4 is 5.73 Å². The zero-order valence-electron chi connectivity index (χ0n) is 10.2. The molecule has 3 nitrogen and oxygen atoms in total. The summed E-state index contributed by atoms with van der Waals surface area (Å²) in [7, 11) is 0. The summed E-state index contributed by atoms with van der Waals surface area (Å²) >= 11 is 3.46. The number of hydrogen-bond donors (Lipinski definition) is 1. The standard InChI is InChI=1S/C14H17BrN2O/c15-13-6-2-1-4-11(13)7-8-14(18)17-9-3-5-12(16)10-17/h1-2,4,6-8,12H,3,5,9-10,16H2. The Bertz CT molecular complexity index is 459. The van der Waals surface area contributed by atoms with Crippen molar-refractivity contribution in [2.24, 2.45) is 5.73 Å². The van der Waals surface area contributed by atoms with Crippen molar-refractivity contribution in [2.75, 3.05) is 13.1 Å². The largest absolute Gasteiger partial charge is 0.338 e. The zero-order chi connectivity index (χ0) is 13.0. The summed E-state index contributed by atoms with van der Waals surface area (Å²) in [5.41, 5.74) is 6.88. The number of hydrogen-bond acceptors (Lipinski definition) is 2. The second-order valence-electron chi connectivity index (χ2n) is 4.54. The molecule has 18 heavy (non-hydrogen) atoms. The third kappa shape index (κ3) is 3.43. The molecule has 1 aliphatic heterocycles. The minimum absolute atomic E-state index is 0.0425. The maximum atomic E-state index is 12.0. The van der Waals surface area contributed by atoms with E-state index in [1.165, 1.54) is 0 Å². The van der Waals surface area contributed by atoms with Gasteiger partial charge in [-0.05, 0) is 30.5 Å². The number of rotatable bonds is 2. The van der Waals surface area contributed by atoms with Crippen LogP contribution in [0, 0.1) is 0 Å². The predicted molar refractivity (Wildman–Crippen MR) is 77.0 cm³/mol. The average molecular weight is 309 g/mol. The van der Waals surface area contributed by atoms with Gasteiger partial charge in [0.2, 0.25) is 5.91 Å². The van der Waals surface area contributed by atoms with E-state index in [0.29, 0.717) is 6.54 Å². The molecule has 0 aliphatic carbocycles. The molecule has 96 valence electrons. The van der Waals surface area contributed by atoms with Crippen LogP contribution in [0.3, 0.4) is 0 Å². The van der Waals surface area contributed by atoms with Gasteiger partial charge in [0.25, 0.3) is 0 Å². The first-order chi connectivity index (χ1) is 8.66. The van der Waals surface area contributed by atoms with Crippen molar-refractivity contribution in [1.82, 2.24) is 4.90 Å². The summed E-state index contributed by atoms with van der Waals surface area (Å²) in [5.74, 6) is 0.0425. The molecule has 1 aliphatic rings. The van der Waals surface area contributed by atoms with Gasteiger partial charge in [-0.25, -0.2) is 0 Å². The van der Waals surface area contributed by atoms with Gasteiger partial charge in [0, 0.05) is 29.7 Å². The Morgan fingerprint density at radius 3 is 2.94 bits per heavy atom. The van der Waals surface area contributed by atoms with Crippen molar-refractivity contribution in [2.45, 2.75) is 18.9 Å². The molecular weight excluding hydrogens is 292 g/mol. The number of halogens is 1. The van der Waals surface area contributed by atoms with Crippen molar-refractivity contribution < 1.29 is 4.79 Å². The van der Waals surface area contributed by atoms with Crippen LogP contribution >= 0.6 is 15.9 Å². The van der Waals surface area contributed by atoms with Gasteiger partial charge in [0.1, 0.15) is 0 Å². The van der Waals surface area contributed by atoms with Crippen LogP contribution in [0.2, 0.25) is 0 Å². The summed E-state index contributed by atoms with van der Waals surface area (Å²) < 4.78 is 0.990. The molecule has 0 bridgehead atoms. The van der Waals surface area contributed by atoms with E-state index in [1.807, 2.05) is 35.2 Å². The Kier molecular flexibility index (Phi) is 4.55. The van der Waals surface area contributed by atoms with Gasteiger partial charge < -0.3 is 10.6 Å². The molecule has 1 fully saturated rings. The molecule has 1 heterocycles. The van der Waals surface area contributed by atoms with E-state index in [1.54, 1.807) is 6.08 Å². The second kappa shape index (κ2) is 6.16. The van der Waals surface area contributed by atoms with Crippen LogP contribution in [0.1, 0.15) is 18.4 Å². The lowest BCUT2D eigenvalue weighted by atomic mass is 10.1. The van der Waals surface area contributed by atoms with Crippen molar-refractivity contribution in [1.29, 1.82) is 0 Å². The number of amides is 1. The molecule has 4 heteroatoms. The quantitative estimate of drug-likeness (QED) is 0.853. The van der Waals surface area contributed by atoms with E-state index < -0.39 is 0 Å². The Morgan fingerprint density at radius 1 is 1.44 bits per heavy atom. The van der Waals surface area contributed by atoms with E-state index in [9.17, 15) is 4.79 Å². The van der Waals surface area contributed by atoms with E-state index in [4.69, 9.17) is 5.73 Å². The van der Waals surface area contributed by atoms with Gasteiger partial charge in [0.15, 0.2) is 0 Å². The van der Waals surface area contributed by atoms with E-state index in [-0.39, 0.29) is 11.9 Å². The van der Waals surface area contributed by atoms with Crippen LogP contribution in [-0.4, -0.2) is 29.9 Å². The van der Waals surface area contributed by atoms with Gasteiger partial charge in [0.05, 0.1) is 0 Å². The minimum atomic E-state index is 0.0425. The van der Waals surface area contributed by atoms with Crippen LogP contribution in [0.5, 0.6) is 0 Å². The monoisotopic (exact) mass is 308 g/mol. The van der Waals surface area contributed by atoms with Gasteiger partial charge in [-0.2, -0.15) is 0 Å². The molecule has 1 unspecified atom stereocenters. The predicted octanol–water partition coefficient (Wildman–Crippen LogP) is 2.41. The highest BCUT2D eigenvalue weighted by atomic mass is 79.9. The molecule has 1 aromatic carbocycles. The van der Waals surface area contributed by atoms with Crippen LogP contribution in [0.4, 0.5) is 0 Å². The molecule has 0 saturated carbocycles. The first-order valence-electron chi connectivity index (χ1n) is 6.14. The van der Waals surface area contributed by atoms with Crippen molar-refractivity contribution in [3.05, 3.63) is 40.4 Å². The second-order valence-corrected chi connectivity index (χ2v) is 5.40. The number of likely N-dealkylation sites (tertiary alicyclic amines) is 1. The molecule has 0 spiro atoms. The Hall–Kier alpha value is -1.13. The summed E-state index contributed by atoms with van der Waals surface area (Å²) in [5, 5.41) is 0. The van der Waals surface area contributed by atoms with E-state index in [0.717, 1.165) is 29.4 Å². The smallest absolute Gasteiger partial charge is 0.246 e. The summed E-state index contributed by atoms with van der Waals surface area (Å²) in [6, 6.07) is 7.95. The lowest BCUT2D eigenvalue weighted by Crippen LogP contribution is -2.45. The molecular formula is C14H17BrN2O. The third-order valence-corrected chi connectivity index (χ3v) is 3.80. The molecule has 1 amide bonds. The van der Waals surface area contributed by atoms with Crippen molar-refractivity contribution in [3.8, 4) is 0 Å². The van der Waals surface area contributed by atoms with Crippen molar-refractivity contribution in [3.63, 3.8) is 0 Å². The van der Waals surface area contributed by atoms with Crippen LogP contribution in [-0.2, 0) is 4.79 Å². The SMILES string of the molecule is NC1CCCN(C(=O)C=Cc2ccccc2Br)C1. The fraction of sp³-hybridized carbons (Fsp3) is 0.357. The van der Waals surface area contributed by atoms with Crippen LogP contribution in [0.25, 0.3) is 6.08 Å². The molecule has 1 saturated heterocycles. The fourth-order valence-electron chi connectivity index (χ4n) is 2.09. The first-order valence-corrected chi connectivity index (χ1v) is 6.93. The van der Waals surface area contributed by atoms with E-state index >= 15 is 0 Å². The fourth-order valence-corrected chi connectivity index (χ4v) is 2.50. The molecule has 2 rings (SSSR count). The number of carbonyl (C=O) groups is 1. The maximum absolute atomic E-state index is 12.0. The minimum Gasteiger partial charge on any atom is -0.338 e. The molecule has 1 aromatic rings. The highest BCUT2D eigenvalue weighted by Crippen LogP contribution is 2.17. The highest BCUT2D eigenvalue weighted by Gasteiger charge is 2.19. The topological polar surface area (TPSA) is 46.3 Å². The summed E-state index contributed by atoms with van der Waals surface area (Å²) in [6.45, 7) is 1.48. The van der Waals surface area contributed by atoms with Gasteiger partial charge in [-0.1, -0.05) is 34.1 Å². The maximum Gasteiger partial charge on any atom is 0.246 e. The summed E-state index contributed by atoms with van der Waals surface area (Å²) in [6.07, 6.45) is 5.47. The van der Waals surface area contributed by atoms with E-state index in [2.05, 4.69) is 15.9 Å². The molecule has 1 atom stereocenters. The van der Waals surface area contributed by atoms with Gasteiger partial charge in [-0.3, -0.25) is 4.79 Å². The van der Waals surface area contributed by atoms with Gasteiger partial charge >= 0.3 is 0 Å². The Labute approximate surface area is 116 Å². The zero-order valence-corrected chi connectivity index (χ0v) is 11.8. The normalized spacial score (nSPS) is 20.3. The number of nitrogens with two attached hydrogens (primary N) is 1. The lowest BCUT2D eigenvalue weighted by Gasteiger charge is -2.29. The van der Waals surface area contributed by atoms with Gasteiger partial charge in [-0.15, -0.1) is 0 Å². The summed E-state index contributed by atoms with van der Waals surface area (Å²) in [4.78, 5) is 13.8.